The quantitative estimate of drug-likeness (QED) is 0.484. The third kappa shape index (κ3) is 4.13. The van der Waals surface area contributed by atoms with Gasteiger partial charge >= 0.3 is 0 Å². The first-order valence-corrected chi connectivity index (χ1v) is 7.25. The number of non-ortho nitro benzene ring substituents is 1. The van der Waals surface area contributed by atoms with Crippen LogP contribution >= 0.6 is 15.9 Å². The maximum Gasteiger partial charge on any atom is 0.271 e. The molecule has 0 saturated heterocycles. The Bertz CT molecular complexity index is 805. The van der Waals surface area contributed by atoms with Crippen molar-refractivity contribution in [1.82, 2.24) is 5.43 Å². The number of nitrogens with one attached hydrogen (secondary N) is 1. The number of hydrazone groups is 1. The van der Waals surface area contributed by atoms with Gasteiger partial charge in [0.05, 0.1) is 11.1 Å². The van der Waals surface area contributed by atoms with E-state index in [0.29, 0.717) is 11.1 Å². The highest BCUT2D eigenvalue weighted by Gasteiger charge is 2.12. The Balaban J connectivity index is 2.17. The molecule has 8 heteroatoms. The van der Waals surface area contributed by atoms with Gasteiger partial charge in [-0.25, -0.2) is 5.43 Å². The predicted molar refractivity (Wildman–Crippen MR) is 88.7 cm³/mol. The van der Waals surface area contributed by atoms with E-state index in [1.807, 2.05) is 0 Å². The standard InChI is InChI=1S/C15H12BrN3O4/c1-9-5-13(19(22)23)7-11(14(9)20)8-17-18-15(21)10-3-2-4-12(16)6-10/h2-8,20H,1H3,(H,18,21)/b17-8+. The van der Waals surface area contributed by atoms with Gasteiger partial charge in [-0.3, -0.25) is 14.9 Å². The number of nitro groups is 1. The lowest BCUT2D eigenvalue weighted by molar-refractivity contribution is -0.384. The van der Waals surface area contributed by atoms with Gasteiger partial charge in [0.2, 0.25) is 0 Å². The molecular formula is C15H12BrN3O4. The summed E-state index contributed by atoms with van der Waals surface area (Å²) < 4.78 is 0.751. The van der Waals surface area contributed by atoms with Crippen LogP contribution in [0.3, 0.4) is 0 Å². The highest BCUT2D eigenvalue weighted by molar-refractivity contribution is 9.10. The van der Waals surface area contributed by atoms with Crippen molar-refractivity contribution in [1.29, 1.82) is 0 Å². The number of aromatic hydroxyl groups is 1. The van der Waals surface area contributed by atoms with Crippen molar-refractivity contribution < 1.29 is 14.8 Å². The topological polar surface area (TPSA) is 105 Å². The van der Waals surface area contributed by atoms with E-state index < -0.39 is 10.8 Å². The smallest absolute Gasteiger partial charge is 0.271 e. The Morgan fingerprint density at radius 1 is 1.39 bits per heavy atom. The van der Waals surface area contributed by atoms with Crippen LogP contribution in [0, 0.1) is 17.0 Å². The second kappa shape index (κ2) is 7.01. The Labute approximate surface area is 139 Å². The van der Waals surface area contributed by atoms with Gasteiger partial charge in [-0.05, 0) is 30.7 Å². The van der Waals surface area contributed by atoms with Gasteiger partial charge in [0.25, 0.3) is 11.6 Å². The summed E-state index contributed by atoms with van der Waals surface area (Å²) in [6.07, 6.45) is 1.16. The normalized spacial score (nSPS) is 10.7. The summed E-state index contributed by atoms with van der Waals surface area (Å²) in [6.45, 7) is 1.54. The van der Waals surface area contributed by atoms with E-state index in [0.717, 1.165) is 10.7 Å². The van der Waals surface area contributed by atoms with E-state index in [1.165, 1.54) is 12.1 Å². The first kappa shape index (κ1) is 16.6. The molecule has 1 amide bonds. The zero-order chi connectivity index (χ0) is 17.0. The fraction of sp³-hybridized carbons (Fsp3) is 0.0667. The average Bonchev–Trinajstić information content (AvgIpc) is 2.50. The van der Waals surface area contributed by atoms with Gasteiger partial charge in [0.1, 0.15) is 5.75 Å². The molecule has 0 aliphatic carbocycles. The van der Waals surface area contributed by atoms with Crippen LogP contribution in [0.5, 0.6) is 5.75 Å². The first-order chi connectivity index (χ1) is 10.9. The number of carbonyl (C=O) groups excluding carboxylic acids is 1. The number of nitro benzene ring substituents is 1. The van der Waals surface area contributed by atoms with Crippen LogP contribution in [0.4, 0.5) is 5.69 Å². The molecule has 2 aromatic carbocycles. The molecule has 2 aromatic rings. The molecule has 0 atom stereocenters. The van der Waals surface area contributed by atoms with E-state index >= 15 is 0 Å². The van der Waals surface area contributed by atoms with Crippen LogP contribution in [-0.4, -0.2) is 22.2 Å². The van der Waals surface area contributed by atoms with Crippen molar-refractivity contribution >= 4 is 33.7 Å². The van der Waals surface area contributed by atoms with Gasteiger partial charge in [-0.15, -0.1) is 0 Å². The maximum absolute atomic E-state index is 11.9. The Kier molecular flexibility index (Phi) is 5.07. The van der Waals surface area contributed by atoms with Crippen molar-refractivity contribution in [2.24, 2.45) is 5.10 Å². The number of rotatable bonds is 4. The SMILES string of the molecule is Cc1cc([N+](=O)[O-])cc(/C=N/NC(=O)c2cccc(Br)c2)c1O. The van der Waals surface area contributed by atoms with Crippen LogP contribution < -0.4 is 5.43 Å². The van der Waals surface area contributed by atoms with Gasteiger partial charge in [-0.2, -0.15) is 5.10 Å². The van der Waals surface area contributed by atoms with Crippen LogP contribution in [0.25, 0.3) is 0 Å². The second-order valence-corrected chi connectivity index (χ2v) is 5.58. The number of benzene rings is 2. The third-order valence-corrected chi connectivity index (χ3v) is 3.48. The molecular weight excluding hydrogens is 366 g/mol. The number of carbonyl (C=O) groups is 1. The molecule has 7 nitrogen and oxygen atoms in total. The highest BCUT2D eigenvalue weighted by Crippen LogP contribution is 2.26. The van der Waals surface area contributed by atoms with Crippen molar-refractivity contribution in [3.05, 3.63) is 67.7 Å². The number of halogens is 1. The van der Waals surface area contributed by atoms with Gasteiger partial charge in [0, 0.05) is 27.7 Å². The number of aryl methyl sites for hydroxylation is 1. The maximum atomic E-state index is 11.9. The minimum atomic E-state index is -0.566. The van der Waals surface area contributed by atoms with E-state index in [9.17, 15) is 20.0 Å². The number of phenolic OH excluding ortho intramolecular Hbond substituents is 1. The average molecular weight is 378 g/mol. The number of phenols is 1. The zero-order valence-electron chi connectivity index (χ0n) is 12.0. The minimum Gasteiger partial charge on any atom is -0.507 e. The summed E-state index contributed by atoms with van der Waals surface area (Å²) in [5.74, 6) is -0.569. The monoisotopic (exact) mass is 377 g/mol. The second-order valence-electron chi connectivity index (χ2n) is 4.67. The largest absolute Gasteiger partial charge is 0.507 e. The first-order valence-electron chi connectivity index (χ1n) is 6.45. The van der Waals surface area contributed by atoms with Gasteiger partial charge in [0.15, 0.2) is 0 Å². The van der Waals surface area contributed by atoms with Crippen LogP contribution in [0.2, 0.25) is 0 Å². The van der Waals surface area contributed by atoms with Crippen LogP contribution in [-0.2, 0) is 0 Å². The predicted octanol–water partition coefficient (Wildman–Crippen LogP) is 3.14. The summed E-state index contributed by atoms with van der Waals surface area (Å²) >= 11 is 3.26. The Hall–Kier alpha value is -2.74. The molecule has 0 unspecified atom stereocenters. The van der Waals surface area contributed by atoms with Crippen LogP contribution in [0.15, 0.2) is 46.0 Å². The molecule has 0 bridgehead atoms. The fourth-order valence-corrected chi connectivity index (χ4v) is 2.24. The van der Waals surface area contributed by atoms with E-state index in [1.54, 1.807) is 31.2 Å². The summed E-state index contributed by atoms with van der Waals surface area (Å²) in [6, 6.07) is 9.16. The summed E-state index contributed by atoms with van der Waals surface area (Å²) in [7, 11) is 0. The number of hydrogen-bond acceptors (Lipinski definition) is 5. The van der Waals surface area contributed by atoms with Gasteiger partial charge in [-0.1, -0.05) is 22.0 Å². The summed E-state index contributed by atoms with van der Waals surface area (Å²) in [5.41, 5.74) is 3.02. The number of amides is 1. The molecule has 2 rings (SSSR count). The van der Waals surface area contributed by atoms with Crippen molar-refractivity contribution in [2.45, 2.75) is 6.92 Å². The van der Waals surface area contributed by atoms with E-state index in [2.05, 4.69) is 26.5 Å². The number of nitrogens with zero attached hydrogens (tertiary/aromatic N) is 2. The molecule has 0 radical (unpaired) electrons. The van der Waals surface area contributed by atoms with Gasteiger partial charge < -0.3 is 5.11 Å². The fourth-order valence-electron chi connectivity index (χ4n) is 1.85. The summed E-state index contributed by atoms with van der Waals surface area (Å²) in [4.78, 5) is 22.2. The molecule has 23 heavy (non-hydrogen) atoms. The van der Waals surface area contributed by atoms with E-state index in [-0.39, 0.29) is 17.0 Å². The minimum absolute atomic E-state index is 0.129. The molecule has 0 fully saturated rings. The molecule has 0 saturated carbocycles. The third-order valence-electron chi connectivity index (χ3n) is 2.98. The van der Waals surface area contributed by atoms with Crippen molar-refractivity contribution in [3.63, 3.8) is 0 Å². The van der Waals surface area contributed by atoms with Crippen LogP contribution in [0.1, 0.15) is 21.5 Å². The lowest BCUT2D eigenvalue weighted by Gasteiger charge is -2.03. The van der Waals surface area contributed by atoms with Crippen molar-refractivity contribution in [2.75, 3.05) is 0 Å². The lowest BCUT2D eigenvalue weighted by Crippen LogP contribution is -2.17. The molecule has 118 valence electrons. The summed E-state index contributed by atoms with van der Waals surface area (Å²) in [5, 5.41) is 24.4. The zero-order valence-corrected chi connectivity index (χ0v) is 13.6. The molecule has 0 spiro atoms. The number of hydrogen-bond donors (Lipinski definition) is 2. The molecule has 0 heterocycles. The lowest BCUT2D eigenvalue weighted by atomic mass is 10.1. The molecule has 0 aromatic heterocycles. The Morgan fingerprint density at radius 3 is 2.78 bits per heavy atom. The molecule has 0 aliphatic rings. The van der Waals surface area contributed by atoms with E-state index in [4.69, 9.17) is 0 Å². The van der Waals surface area contributed by atoms with Crippen molar-refractivity contribution in [3.8, 4) is 5.75 Å². The highest BCUT2D eigenvalue weighted by atomic mass is 79.9. The Morgan fingerprint density at radius 2 is 2.13 bits per heavy atom. The molecule has 2 N–H and O–H groups in total. The molecule has 0 aliphatic heterocycles.